The molecule has 4 N–H and O–H groups in total. The molecule has 200 valence electrons. The molecule has 0 aromatic heterocycles. The summed E-state index contributed by atoms with van der Waals surface area (Å²) in [5.74, 6) is -1.53. The number of alkyl halides is 3. The van der Waals surface area contributed by atoms with E-state index in [1.807, 2.05) is 0 Å². The van der Waals surface area contributed by atoms with Crippen LogP contribution in [0.3, 0.4) is 0 Å². The molecule has 0 heterocycles. The normalized spacial score (nSPS) is 12.0. The molecule has 0 spiro atoms. The number of halogens is 5. The number of aliphatic carboxylic acids is 1. The summed E-state index contributed by atoms with van der Waals surface area (Å²) in [7, 11) is 0. The SMILES string of the molecule is N=Cc1cc(-c2cc(Cl)cc(Cl)c2)ccc1NC(CCC(F)(F)F)c1ccc(C(=O)NCCC(=O)O)cc1. The summed E-state index contributed by atoms with van der Waals surface area (Å²) < 4.78 is 39.3. The summed E-state index contributed by atoms with van der Waals surface area (Å²) in [6.45, 7) is -0.0462. The van der Waals surface area contributed by atoms with Crippen molar-refractivity contribution in [2.75, 3.05) is 11.9 Å². The molecule has 3 aromatic rings. The summed E-state index contributed by atoms with van der Waals surface area (Å²) in [5.41, 5.74) is 3.12. The minimum absolute atomic E-state index is 0.0462. The lowest BCUT2D eigenvalue weighted by Crippen LogP contribution is -2.26. The quantitative estimate of drug-likeness (QED) is 0.182. The van der Waals surface area contributed by atoms with Gasteiger partial charge in [-0.1, -0.05) is 41.4 Å². The van der Waals surface area contributed by atoms with E-state index in [0.717, 1.165) is 17.3 Å². The third-order valence-electron chi connectivity index (χ3n) is 5.65. The van der Waals surface area contributed by atoms with E-state index in [-0.39, 0.29) is 24.9 Å². The van der Waals surface area contributed by atoms with Crippen molar-refractivity contribution < 1.29 is 27.9 Å². The molecule has 38 heavy (non-hydrogen) atoms. The van der Waals surface area contributed by atoms with Gasteiger partial charge < -0.3 is 21.1 Å². The van der Waals surface area contributed by atoms with Crippen LogP contribution in [0.25, 0.3) is 11.1 Å². The minimum Gasteiger partial charge on any atom is -0.481 e. The van der Waals surface area contributed by atoms with Gasteiger partial charge in [-0.15, -0.1) is 0 Å². The second kappa shape index (κ2) is 12.8. The van der Waals surface area contributed by atoms with Crippen molar-refractivity contribution in [1.82, 2.24) is 5.32 Å². The first-order valence-corrected chi connectivity index (χ1v) is 12.2. The van der Waals surface area contributed by atoms with Gasteiger partial charge in [0, 0.05) is 46.0 Å². The van der Waals surface area contributed by atoms with Crippen LogP contribution in [0.2, 0.25) is 10.0 Å². The molecule has 6 nitrogen and oxygen atoms in total. The average molecular weight is 566 g/mol. The summed E-state index contributed by atoms with van der Waals surface area (Å²) in [6.07, 6.45) is -4.82. The van der Waals surface area contributed by atoms with Crippen molar-refractivity contribution in [2.45, 2.75) is 31.5 Å². The largest absolute Gasteiger partial charge is 0.481 e. The Hall–Kier alpha value is -3.56. The molecular weight excluding hydrogens is 542 g/mol. The van der Waals surface area contributed by atoms with E-state index >= 15 is 0 Å². The van der Waals surface area contributed by atoms with Gasteiger partial charge in [0.05, 0.1) is 12.5 Å². The molecule has 3 aromatic carbocycles. The fraction of sp³-hybridized carbons (Fsp3) is 0.222. The van der Waals surface area contributed by atoms with Gasteiger partial charge in [-0.2, -0.15) is 13.2 Å². The molecular formula is C27H24Cl2F3N3O3. The Labute approximate surface area is 227 Å². The second-order valence-corrected chi connectivity index (χ2v) is 9.35. The first-order valence-electron chi connectivity index (χ1n) is 11.5. The van der Waals surface area contributed by atoms with Crippen LogP contribution >= 0.6 is 23.2 Å². The molecule has 0 saturated carbocycles. The number of nitrogens with one attached hydrogen (secondary N) is 3. The number of benzene rings is 3. The smallest absolute Gasteiger partial charge is 0.389 e. The van der Waals surface area contributed by atoms with E-state index < -0.39 is 30.5 Å². The lowest BCUT2D eigenvalue weighted by molar-refractivity contribution is -0.137. The highest BCUT2D eigenvalue weighted by Crippen LogP contribution is 2.33. The highest BCUT2D eigenvalue weighted by Gasteiger charge is 2.29. The Kier molecular flexibility index (Phi) is 9.77. The summed E-state index contributed by atoms with van der Waals surface area (Å²) >= 11 is 12.2. The second-order valence-electron chi connectivity index (χ2n) is 8.48. The zero-order chi connectivity index (χ0) is 27.9. The predicted octanol–water partition coefficient (Wildman–Crippen LogP) is 7.36. The van der Waals surface area contributed by atoms with E-state index in [4.69, 9.17) is 33.7 Å². The molecule has 0 bridgehead atoms. The van der Waals surface area contributed by atoms with Gasteiger partial charge in [0.1, 0.15) is 0 Å². The van der Waals surface area contributed by atoms with E-state index in [1.54, 1.807) is 48.5 Å². The lowest BCUT2D eigenvalue weighted by atomic mass is 9.98. The number of carboxylic acids is 1. The van der Waals surface area contributed by atoms with E-state index in [0.29, 0.717) is 26.9 Å². The molecule has 0 fully saturated rings. The molecule has 1 atom stereocenters. The summed E-state index contributed by atoms with van der Waals surface area (Å²) in [5, 5.41) is 23.0. The number of hydrogen-bond acceptors (Lipinski definition) is 4. The van der Waals surface area contributed by atoms with Gasteiger partial charge >= 0.3 is 12.1 Å². The Bertz CT molecular complexity index is 1290. The van der Waals surface area contributed by atoms with E-state index in [1.165, 1.54) is 12.1 Å². The fourth-order valence-corrected chi connectivity index (χ4v) is 4.31. The predicted molar refractivity (Wildman–Crippen MR) is 142 cm³/mol. The molecule has 0 aliphatic carbocycles. The van der Waals surface area contributed by atoms with Crippen molar-refractivity contribution in [1.29, 1.82) is 5.41 Å². The highest BCUT2D eigenvalue weighted by molar-refractivity contribution is 6.35. The van der Waals surface area contributed by atoms with Crippen LogP contribution in [0.1, 0.15) is 46.8 Å². The third kappa shape index (κ3) is 8.49. The van der Waals surface area contributed by atoms with Crippen molar-refractivity contribution in [3.63, 3.8) is 0 Å². The van der Waals surface area contributed by atoms with Crippen LogP contribution in [0.4, 0.5) is 18.9 Å². The third-order valence-corrected chi connectivity index (χ3v) is 6.09. The maximum Gasteiger partial charge on any atom is 0.389 e. The molecule has 11 heteroatoms. The summed E-state index contributed by atoms with van der Waals surface area (Å²) in [6, 6.07) is 15.4. The highest BCUT2D eigenvalue weighted by atomic mass is 35.5. The van der Waals surface area contributed by atoms with Crippen LogP contribution in [-0.2, 0) is 4.79 Å². The molecule has 1 unspecified atom stereocenters. The number of anilines is 1. The minimum atomic E-state index is -4.37. The molecule has 1 amide bonds. The van der Waals surface area contributed by atoms with Gasteiger partial charge in [0.25, 0.3) is 5.91 Å². The first-order chi connectivity index (χ1) is 17.9. The van der Waals surface area contributed by atoms with Crippen LogP contribution in [0.5, 0.6) is 0 Å². The average Bonchev–Trinajstić information content (AvgIpc) is 2.85. The zero-order valence-electron chi connectivity index (χ0n) is 19.9. The molecule has 3 rings (SSSR count). The van der Waals surface area contributed by atoms with Gasteiger partial charge in [0.2, 0.25) is 0 Å². The van der Waals surface area contributed by atoms with Gasteiger partial charge in [0.15, 0.2) is 0 Å². The maximum absolute atomic E-state index is 13.1. The van der Waals surface area contributed by atoms with Crippen LogP contribution in [0.15, 0.2) is 60.7 Å². The van der Waals surface area contributed by atoms with Crippen molar-refractivity contribution in [3.05, 3.63) is 87.4 Å². The lowest BCUT2D eigenvalue weighted by Gasteiger charge is -2.23. The molecule has 0 aliphatic rings. The number of amides is 1. The van der Waals surface area contributed by atoms with Crippen LogP contribution in [0, 0.1) is 5.41 Å². The van der Waals surface area contributed by atoms with Gasteiger partial charge in [-0.3, -0.25) is 9.59 Å². The van der Waals surface area contributed by atoms with Crippen LogP contribution < -0.4 is 10.6 Å². The Balaban J connectivity index is 1.85. The Morgan fingerprint density at radius 2 is 1.63 bits per heavy atom. The Morgan fingerprint density at radius 3 is 2.21 bits per heavy atom. The van der Waals surface area contributed by atoms with Crippen LogP contribution in [-0.4, -0.2) is 35.9 Å². The van der Waals surface area contributed by atoms with Crippen molar-refractivity contribution >= 4 is 47.0 Å². The van der Waals surface area contributed by atoms with Crippen molar-refractivity contribution in [2.24, 2.45) is 0 Å². The number of carbonyl (C=O) groups excluding carboxylic acids is 1. The first kappa shape index (κ1) is 29.0. The topological polar surface area (TPSA) is 102 Å². The Morgan fingerprint density at radius 1 is 0.974 bits per heavy atom. The van der Waals surface area contributed by atoms with Gasteiger partial charge in [-0.25, -0.2) is 0 Å². The molecule has 0 saturated heterocycles. The number of rotatable bonds is 11. The standard InChI is InChI=1S/C27H24Cl2F3N3O3/c28-21-12-19(13-22(29)14-21)18-5-6-23(20(11-18)15-33)35-24(7-9-27(30,31)32)16-1-3-17(4-2-16)26(38)34-10-8-25(36)37/h1-6,11-15,24,33,35H,7-10H2,(H,34,38)(H,36,37). The fourth-order valence-electron chi connectivity index (χ4n) is 3.78. The maximum atomic E-state index is 13.1. The molecule has 0 aliphatic heterocycles. The number of hydrogen-bond donors (Lipinski definition) is 4. The zero-order valence-corrected chi connectivity index (χ0v) is 21.4. The monoisotopic (exact) mass is 565 g/mol. The number of carbonyl (C=O) groups is 2. The van der Waals surface area contributed by atoms with E-state index in [9.17, 15) is 22.8 Å². The molecule has 0 radical (unpaired) electrons. The van der Waals surface area contributed by atoms with Gasteiger partial charge in [-0.05, 0) is 65.6 Å². The number of carboxylic acid groups (broad SMARTS) is 1. The van der Waals surface area contributed by atoms with Crippen molar-refractivity contribution in [3.8, 4) is 11.1 Å². The summed E-state index contributed by atoms with van der Waals surface area (Å²) in [4.78, 5) is 22.8. The van der Waals surface area contributed by atoms with E-state index in [2.05, 4.69) is 10.6 Å².